The van der Waals surface area contributed by atoms with E-state index in [-0.39, 0.29) is 12.5 Å². The zero-order valence-corrected chi connectivity index (χ0v) is 16.3. The van der Waals surface area contributed by atoms with Crippen molar-refractivity contribution in [1.29, 1.82) is 0 Å². The van der Waals surface area contributed by atoms with E-state index in [0.717, 1.165) is 0 Å². The third-order valence-corrected chi connectivity index (χ3v) is 6.60. The highest BCUT2D eigenvalue weighted by atomic mass is 32.2. The molecule has 0 spiro atoms. The highest BCUT2D eigenvalue weighted by Crippen LogP contribution is 2.48. The predicted octanol–water partition coefficient (Wildman–Crippen LogP) is 4.70. The molecule has 1 unspecified atom stereocenters. The molecule has 0 amide bonds. The quantitative estimate of drug-likeness (QED) is 0.558. The normalized spacial score (nSPS) is 13.9. The van der Waals surface area contributed by atoms with E-state index in [0.29, 0.717) is 5.75 Å². The maximum atomic E-state index is 10.5. The lowest BCUT2D eigenvalue weighted by Gasteiger charge is -2.36. The van der Waals surface area contributed by atoms with E-state index in [2.05, 4.69) is 72.8 Å². The van der Waals surface area contributed by atoms with E-state index >= 15 is 0 Å². The van der Waals surface area contributed by atoms with Crippen LogP contribution in [0.3, 0.4) is 0 Å². The third kappa shape index (κ3) is 4.27. The van der Waals surface area contributed by atoms with Gasteiger partial charge in [-0.25, -0.2) is 0 Å². The highest BCUT2D eigenvalue weighted by Gasteiger charge is 2.37. The summed E-state index contributed by atoms with van der Waals surface area (Å²) in [7, 11) is 0. The first-order valence-electron chi connectivity index (χ1n) is 9.28. The van der Waals surface area contributed by atoms with E-state index in [9.17, 15) is 10.2 Å². The van der Waals surface area contributed by atoms with Gasteiger partial charge in [0.2, 0.25) is 0 Å². The number of rotatable bonds is 8. The van der Waals surface area contributed by atoms with Gasteiger partial charge in [0, 0.05) is 18.3 Å². The number of aliphatic hydroxyl groups is 2. The minimum absolute atomic E-state index is 0.0171. The van der Waals surface area contributed by atoms with Crippen LogP contribution in [0.4, 0.5) is 0 Å². The van der Waals surface area contributed by atoms with Gasteiger partial charge < -0.3 is 10.2 Å². The van der Waals surface area contributed by atoms with E-state index in [1.165, 1.54) is 16.7 Å². The molecule has 3 rings (SSSR count). The van der Waals surface area contributed by atoms with Crippen LogP contribution in [0.1, 0.15) is 23.6 Å². The first-order valence-corrected chi connectivity index (χ1v) is 10.3. The van der Waals surface area contributed by atoms with Crippen molar-refractivity contribution in [2.75, 3.05) is 12.4 Å². The molecule has 2 N–H and O–H groups in total. The summed E-state index contributed by atoms with van der Waals surface area (Å²) in [6.07, 6.45) is -0.574. The summed E-state index contributed by atoms with van der Waals surface area (Å²) in [5, 5.41) is 20.0. The van der Waals surface area contributed by atoms with Crippen LogP contribution >= 0.6 is 11.8 Å². The molecule has 140 valence electrons. The van der Waals surface area contributed by atoms with Gasteiger partial charge in [-0.1, -0.05) is 97.9 Å². The van der Waals surface area contributed by atoms with Gasteiger partial charge in [-0.2, -0.15) is 0 Å². The minimum atomic E-state index is -0.574. The molecule has 3 aromatic carbocycles. The second kappa shape index (κ2) is 9.23. The monoisotopic (exact) mass is 378 g/mol. The van der Waals surface area contributed by atoms with Crippen LogP contribution in [0.25, 0.3) is 0 Å². The fourth-order valence-corrected chi connectivity index (χ4v) is 4.92. The Morgan fingerprint density at radius 2 is 1.11 bits per heavy atom. The summed E-state index contributed by atoms with van der Waals surface area (Å²) in [4.78, 5) is 0. The Morgan fingerprint density at radius 3 is 1.44 bits per heavy atom. The summed E-state index contributed by atoms with van der Waals surface area (Å²) in [5.74, 6) is 0.373. The topological polar surface area (TPSA) is 40.5 Å². The van der Waals surface area contributed by atoms with Crippen molar-refractivity contribution in [3.8, 4) is 0 Å². The van der Waals surface area contributed by atoms with Crippen LogP contribution in [-0.2, 0) is 4.75 Å². The van der Waals surface area contributed by atoms with Crippen molar-refractivity contribution >= 4 is 11.8 Å². The average molecular weight is 379 g/mol. The first-order chi connectivity index (χ1) is 13.2. The fourth-order valence-electron chi connectivity index (χ4n) is 3.26. The molecule has 0 heterocycles. The Hall–Kier alpha value is -2.07. The minimum Gasteiger partial charge on any atom is -0.396 e. The van der Waals surface area contributed by atoms with Crippen molar-refractivity contribution < 1.29 is 10.2 Å². The van der Waals surface area contributed by atoms with Crippen LogP contribution in [0.15, 0.2) is 91.0 Å². The summed E-state index contributed by atoms with van der Waals surface area (Å²) < 4.78 is -0.431. The molecule has 3 heteroatoms. The molecule has 0 radical (unpaired) electrons. The molecule has 0 bridgehead atoms. The van der Waals surface area contributed by atoms with Crippen molar-refractivity contribution in [2.45, 2.75) is 17.8 Å². The van der Waals surface area contributed by atoms with Crippen molar-refractivity contribution in [2.24, 2.45) is 5.92 Å². The van der Waals surface area contributed by atoms with Gasteiger partial charge >= 0.3 is 0 Å². The lowest BCUT2D eigenvalue weighted by molar-refractivity contribution is 0.0946. The Morgan fingerprint density at radius 1 is 0.741 bits per heavy atom. The zero-order valence-electron chi connectivity index (χ0n) is 15.5. The first kappa shape index (κ1) is 19.7. The molecule has 0 fully saturated rings. The summed E-state index contributed by atoms with van der Waals surface area (Å²) in [5.41, 5.74) is 3.53. The standard InChI is InChI=1S/C24H26O2S/c1-19(17-25)23(26)18-27-24(20-11-5-2-6-12-20,21-13-7-3-8-14-21)22-15-9-4-10-16-22/h2-16,19,23,25-26H,17-18H2,1H3/t19?,23-/m0/s1. The lowest BCUT2D eigenvalue weighted by atomic mass is 9.84. The number of hydrogen-bond donors (Lipinski definition) is 2. The summed E-state index contributed by atoms with van der Waals surface area (Å²) in [6, 6.07) is 31.3. The molecule has 0 saturated heterocycles. The van der Waals surface area contributed by atoms with Crippen molar-refractivity contribution in [1.82, 2.24) is 0 Å². The maximum Gasteiger partial charge on any atom is 0.0907 e. The zero-order chi connectivity index (χ0) is 19.1. The van der Waals surface area contributed by atoms with Crippen molar-refractivity contribution in [3.63, 3.8) is 0 Å². The molecule has 0 saturated carbocycles. The van der Waals surface area contributed by atoms with Crippen LogP contribution in [0, 0.1) is 5.92 Å². The predicted molar refractivity (Wildman–Crippen MR) is 114 cm³/mol. The molecule has 0 aliphatic rings. The lowest BCUT2D eigenvalue weighted by Crippen LogP contribution is -2.30. The number of thioether (sulfide) groups is 1. The largest absolute Gasteiger partial charge is 0.396 e. The molecule has 0 aliphatic heterocycles. The molecule has 0 aromatic heterocycles. The van der Waals surface area contributed by atoms with Crippen LogP contribution in [0.5, 0.6) is 0 Å². The number of hydrogen-bond acceptors (Lipinski definition) is 3. The third-order valence-electron chi connectivity index (χ3n) is 4.96. The van der Waals surface area contributed by atoms with Crippen molar-refractivity contribution in [3.05, 3.63) is 108 Å². The smallest absolute Gasteiger partial charge is 0.0907 e. The molecule has 2 nitrogen and oxygen atoms in total. The summed E-state index contributed by atoms with van der Waals surface area (Å²) >= 11 is 1.72. The van der Waals surface area contributed by atoms with Crippen LogP contribution in [-0.4, -0.2) is 28.7 Å². The van der Waals surface area contributed by atoms with Gasteiger partial charge in [0.15, 0.2) is 0 Å². The Balaban J connectivity index is 2.14. The van der Waals surface area contributed by atoms with Gasteiger partial charge in [0.25, 0.3) is 0 Å². The SMILES string of the molecule is CC(CO)[C@@H](O)CSC(c1ccccc1)(c1ccccc1)c1ccccc1. The molecular weight excluding hydrogens is 352 g/mol. The van der Waals surface area contributed by atoms with Gasteiger partial charge in [0.05, 0.1) is 10.9 Å². The molecule has 0 aliphatic carbocycles. The van der Waals surface area contributed by atoms with E-state index < -0.39 is 10.9 Å². The van der Waals surface area contributed by atoms with Gasteiger partial charge in [-0.05, 0) is 16.7 Å². The van der Waals surface area contributed by atoms with Crippen LogP contribution in [0.2, 0.25) is 0 Å². The summed E-state index contributed by atoms with van der Waals surface area (Å²) in [6.45, 7) is 1.86. The Bertz CT molecular complexity index is 709. The van der Waals surface area contributed by atoms with Crippen LogP contribution < -0.4 is 0 Å². The molecular formula is C24H26O2S. The fraction of sp³-hybridized carbons (Fsp3) is 0.250. The Labute approximate surface area is 165 Å². The second-order valence-electron chi connectivity index (χ2n) is 6.82. The molecule has 3 aromatic rings. The Kier molecular flexibility index (Phi) is 6.73. The second-order valence-corrected chi connectivity index (χ2v) is 8.05. The van der Waals surface area contributed by atoms with Gasteiger partial charge in [-0.15, -0.1) is 11.8 Å². The van der Waals surface area contributed by atoms with Gasteiger partial charge in [-0.3, -0.25) is 0 Å². The van der Waals surface area contributed by atoms with E-state index in [1.54, 1.807) is 11.8 Å². The average Bonchev–Trinajstić information content (AvgIpc) is 2.75. The number of benzene rings is 3. The highest BCUT2D eigenvalue weighted by molar-refractivity contribution is 8.00. The van der Waals surface area contributed by atoms with Gasteiger partial charge in [0.1, 0.15) is 0 Å². The number of aliphatic hydroxyl groups excluding tert-OH is 2. The van der Waals surface area contributed by atoms with E-state index in [1.807, 2.05) is 25.1 Å². The molecule has 27 heavy (non-hydrogen) atoms. The maximum absolute atomic E-state index is 10.5. The van der Waals surface area contributed by atoms with E-state index in [4.69, 9.17) is 0 Å². The molecule has 2 atom stereocenters.